The molecular weight excluding hydrogens is 344 g/mol. The van der Waals surface area contributed by atoms with Crippen molar-refractivity contribution in [1.82, 2.24) is 4.90 Å². The monoisotopic (exact) mass is 374 g/mol. The molecule has 2 aromatic carbocycles. The van der Waals surface area contributed by atoms with Gasteiger partial charge in [0.05, 0.1) is 5.69 Å². The molecule has 3 nitrogen and oxygen atoms in total. The van der Waals surface area contributed by atoms with Crippen molar-refractivity contribution in [3.05, 3.63) is 54.4 Å². The van der Waals surface area contributed by atoms with E-state index in [1.165, 1.54) is 28.4 Å². The Morgan fingerprint density at radius 3 is 2.64 bits per heavy atom. The molecule has 28 heavy (non-hydrogen) atoms. The quantitative estimate of drug-likeness (QED) is 0.486. The number of anilines is 1. The van der Waals surface area contributed by atoms with E-state index in [9.17, 15) is 0 Å². The van der Waals surface area contributed by atoms with Crippen molar-refractivity contribution in [2.45, 2.75) is 52.1 Å². The van der Waals surface area contributed by atoms with Crippen LogP contribution in [0.2, 0.25) is 0 Å². The molecule has 3 aromatic rings. The second-order valence-corrected chi connectivity index (χ2v) is 9.18. The van der Waals surface area contributed by atoms with E-state index in [-0.39, 0.29) is 5.41 Å². The lowest BCUT2D eigenvalue weighted by Crippen LogP contribution is -2.47. The van der Waals surface area contributed by atoms with Crippen LogP contribution in [-0.2, 0) is 5.41 Å². The van der Waals surface area contributed by atoms with Crippen LogP contribution in [0.5, 0.6) is 0 Å². The average molecular weight is 375 g/mol. The first kappa shape index (κ1) is 17.7. The number of nitrogens with zero attached hydrogens (tertiary/aromatic N) is 2. The molecule has 5 rings (SSSR count). The lowest BCUT2D eigenvalue weighted by atomic mass is 9.69. The minimum Gasteiger partial charge on any atom is -0.454 e. The fourth-order valence-electron chi connectivity index (χ4n) is 5.53. The van der Waals surface area contributed by atoms with Gasteiger partial charge in [0.2, 0.25) is 0 Å². The highest BCUT2D eigenvalue weighted by atomic mass is 16.3. The molecule has 3 heterocycles. The lowest BCUT2D eigenvalue weighted by Gasteiger charge is -2.45. The van der Waals surface area contributed by atoms with Crippen molar-refractivity contribution < 1.29 is 4.42 Å². The summed E-state index contributed by atoms with van der Waals surface area (Å²) < 4.78 is 6.50. The topological polar surface area (TPSA) is 19.6 Å². The SMILES string of the molecule is CCC1(C)CC(C)[C@@H](C)[C@@H]2N(C)C=CN2c2c1ccc1c2oc2ccccc21. The zero-order valence-electron chi connectivity index (χ0n) is 17.6. The van der Waals surface area contributed by atoms with E-state index in [1.54, 1.807) is 0 Å². The number of furan rings is 1. The van der Waals surface area contributed by atoms with Gasteiger partial charge in [-0.15, -0.1) is 0 Å². The maximum atomic E-state index is 6.50. The van der Waals surface area contributed by atoms with Crippen molar-refractivity contribution in [2.75, 3.05) is 11.9 Å². The standard InChI is InChI=1S/C25H30N2O/c1-6-25(4)15-16(2)17(3)24-26(5)13-14-27(24)22-20(25)12-11-19-18-9-7-8-10-21(18)28-23(19)22/h7-14,16-17,24H,6,15H2,1-5H3/t16?,17-,24-,25?/m1/s1. The zero-order valence-corrected chi connectivity index (χ0v) is 17.6. The van der Waals surface area contributed by atoms with Gasteiger partial charge in [0.15, 0.2) is 5.58 Å². The summed E-state index contributed by atoms with van der Waals surface area (Å²) in [5.74, 6) is 1.19. The Kier molecular flexibility index (Phi) is 3.81. The summed E-state index contributed by atoms with van der Waals surface area (Å²) in [7, 11) is 2.20. The second kappa shape index (κ2) is 6.04. The third kappa shape index (κ3) is 2.28. The molecule has 2 unspecified atom stereocenters. The van der Waals surface area contributed by atoms with E-state index in [0.29, 0.717) is 18.0 Å². The van der Waals surface area contributed by atoms with Gasteiger partial charge in [-0.1, -0.05) is 58.0 Å². The zero-order chi connectivity index (χ0) is 19.6. The number of hydrogen-bond acceptors (Lipinski definition) is 3. The molecule has 0 aliphatic carbocycles. The first-order valence-corrected chi connectivity index (χ1v) is 10.6. The van der Waals surface area contributed by atoms with Crippen LogP contribution >= 0.6 is 0 Å². The average Bonchev–Trinajstić information content (AvgIpc) is 3.26. The van der Waals surface area contributed by atoms with E-state index >= 15 is 0 Å². The lowest BCUT2D eigenvalue weighted by molar-refractivity contribution is 0.173. The fraction of sp³-hybridized carbons (Fsp3) is 0.440. The van der Waals surface area contributed by atoms with Crippen LogP contribution in [0.4, 0.5) is 5.69 Å². The van der Waals surface area contributed by atoms with E-state index in [1.807, 2.05) is 0 Å². The molecule has 4 atom stereocenters. The molecule has 0 bridgehead atoms. The third-order valence-corrected chi connectivity index (χ3v) is 7.51. The minimum absolute atomic E-state index is 0.135. The molecule has 0 amide bonds. The van der Waals surface area contributed by atoms with E-state index in [2.05, 4.69) is 93.3 Å². The summed E-state index contributed by atoms with van der Waals surface area (Å²) in [4.78, 5) is 4.84. The number of fused-ring (bicyclic) bond motifs is 7. The maximum Gasteiger partial charge on any atom is 0.159 e. The molecule has 0 saturated carbocycles. The molecule has 2 aliphatic rings. The number of rotatable bonds is 1. The predicted octanol–water partition coefficient (Wildman–Crippen LogP) is 6.48. The molecule has 1 aromatic heterocycles. The largest absolute Gasteiger partial charge is 0.454 e. The Morgan fingerprint density at radius 1 is 1.07 bits per heavy atom. The van der Waals surface area contributed by atoms with Crippen LogP contribution in [0.1, 0.15) is 46.1 Å². The minimum atomic E-state index is 0.135. The first-order chi connectivity index (χ1) is 13.4. The molecule has 0 saturated heterocycles. The van der Waals surface area contributed by atoms with Gasteiger partial charge >= 0.3 is 0 Å². The molecule has 2 aliphatic heterocycles. The van der Waals surface area contributed by atoms with Gasteiger partial charge in [0.1, 0.15) is 11.7 Å². The van der Waals surface area contributed by atoms with Gasteiger partial charge < -0.3 is 14.2 Å². The van der Waals surface area contributed by atoms with E-state index in [4.69, 9.17) is 4.42 Å². The Bertz CT molecular complexity index is 1080. The smallest absolute Gasteiger partial charge is 0.159 e. The van der Waals surface area contributed by atoms with Crippen LogP contribution in [0.25, 0.3) is 21.9 Å². The van der Waals surface area contributed by atoms with Crippen LogP contribution in [0, 0.1) is 11.8 Å². The molecule has 0 N–H and O–H groups in total. The molecule has 3 heteroatoms. The normalized spacial score (nSPS) is 29.8. The molecular formula is C25H30N2O. The van der Waals surface area contributed by atoms with Gasteiger partial charge in [-0.3, -0.25) is 0 Å². The van der Waals surface area contributed by atoms with Crippen LogP contribution in [0.15, 0.2) is 53.2 Å². The van der Waals surface area contributed by atoms with Crippen molar-refractivity contribution in [3.63, 3.8) is 0 Å². The number of hydrogen-bond donors (Lipinski definition) is 0. The van der Waals surface area contributed by atoms with Crippen molar-refractivity contribution in [1.29, 1.82) is 0 Å². The number of para-hydroxylation sites is 1. The molecule has 0 spiro atoms. The summed E-state index contributed by atoms with van der Waals surface area (Å²) in [5, 5.41) is 2.42. The highest BCUT2D eigenvalue weighted by molar-refractivity contribution is 6.10. The van der Waals surface area contributed by atoms with Gasteiger partial charge in [-0.05, 0) is 41.7 Å². The Labute approximate surface area is 167 Å². The third-order valence-electron chi connectivity index (χ3n) is 7.51. The van der Waals surface area contributed by atoms with Crippen LogP contribution in [0.3, 0.4) is 0 Å². The van der Waals surface area contributed by atoms with Crippen LogP contribution < -0.4 is 4.90 Å². The Morgan fingerprint density at radius 2 is 1.86 bits per heavy atom. The summed E-state index contributed by atoms with van der Waals surface area (Å²) in [6.07, 6.45) is 7.12. The van der Waals surface area contributed by atoms with Crippen molar-refractivity contribution in [2.24, 2.45) is 11.8 Å². The summed E-state index contributed by atoms with van der Waals surface area (Å²) in [5.41, 5.74) is 4.83. The van der Waals surface area contributed by atoms with Crippen molar-refractivity contribution >= 4 is 27.6 Å². The van der Waals surface area contributed by atoms with E-state index < -0.39 is 0 Å². The molecule has 0 radical (unpaired) electrons. The predicted molar refractivity (Wildman–Crippen MR) is 117 cm³/mol. The van der Waals surface area contributed by atoms with Gasteiger partial charge in [-0.2, -0.15) is 0 Å². The Balaban J connectivity index is 1.87. The van der Waals surface area contributed by atoms with Crippen molar-refractivity contribution in [3.8, 4) is 0 Å². The summed E-state index contributed by atoms with van der Waals surface area (Å²) in [6.45, 7) is 9.60. The highest BCUT2D eigenvalue weighted by Crippen LogP contribution is 2.50. The molecule has 146 valence electrons. The van der Waals surface area contributed by atoms with Gasteiger partial charge in [0.25, 0.3) is 0 Å². The van der Waals surface area contributed by atoms with E-state index in [0.717, 1.165) is 17.6 Å². The summed E-state index contributed by atoms with van der Waals surface area (Å²) >= 11 is 0. The number of benzene rings is 2. The Hall–Kier alpha value is -2.42. The van der Waals surface area contributed by atoms with Crippen LogP contribution in [-0.4, -0.2) is 18.1 Å². The fourth-order valence-corrected chi connectivity index (χ4v) is 5.53. The molecule has 0 fully saturated rings. The second-order valence-electron chi connectivity index (χ2n) is 9.18. The highest BCUT2D eigenvalue weighted by Gasteiger charge is 2.43. The van der Waals surface area contributed by atoms with Gasteiger partial charge in [0, 0.05) is 30.2 Å². The first-order valence-electron chi connectivity index (χ1n) is 10.6. The maximum absolute atomic E-state index is 6.50. The summed E-state index contributed by atoms with van der Waals surface area (Å²) in [6, 6.07) is 13.1. The van der Waals surface area contributed by atoms with Gasteiger partial charge in [-0.25, -0.2) is 0 Å².